The van der Waals surface area contributed by atoms with Crippen molar-refractivity contribution in [3.63, 3.8) is 0 Å². The van der Waals surface area contributed by atoms with Crippen LogP contribution in [0.4, 0.5) is 0 Å². The van der Waals surface area contributed by atoms with Crippen molar-refractivity contribution < 1.29 is 41.7 Å². The fraction of sp³-hybridized carbons (Fsp3) is 0.316. The topological polar surface area (TPSA) is 0 Å². The fourth-order valence-corrected chi connectivity index (χ4v) is 2.51. The van der Waals surface area contributed by atoms with E-state index in [0.29, 0.717) is 0 Å². The van der Waals surface area contributed by atoms with Crippen LogP contribution < -0.4 is 0 Å². The van der Waals surface area contributed by atoms with Gasteiger partial charge in [-0.15, -0.1) is 5.41 Å². The molecule has 0 amide bonds. The van der Waals surface area contributed by atoms with Crippen LogP contribution in [0.3, 0.4) is 0 Å². The summed E-state index contributed by atoms with van der Waals surface area (Å²) in [6.45, 7) is 6.89. The first-order valence-electron chi connectivity index (χ1n) is 6.99. The SMILES string of the molecule is C[C-](C)C(C)(Cc1ccccc1)Cc1ccccc1.[Ce]. The zero-order chi connectivity index (χ0) is 13.7. The van der Waals surface area contributed by atoms with E-state index < -0.39 is 0 Å². The monoisotopic (exact) mass is 391 g/mol. The Morgan fingerprint density at radius 1 is 0.750 bits per heavy atom. The van der Waals surface area contributed by atoms with Crippen molar-refractivity contribution in [1.29, 1.82) is 0 Å². The molecule has 0 fully saturated rings. The maximum absolute atomic E-state index is 2.38. The first kappa shape index (κ1) is 17.9. The summed E-state index contributed by atoms with van der Waals surface area (Å²) < 4.78 is 0. The minimum absolute atomic E-state index is 0. The van der Waals surface area contributed by atoms with Gasteiger partial charge in [-0.1, -0.05) is 78.7 Å². The second kappa shape index (κ2) is 8.31. The third-order valence-electron chi connectivity index (χ3n) is 4.08. The molecule has 0 radical (unpaired) electrons. The normalized spacial score (nSPS) is 11.2. The molecule has 0 heterocycles. The van der Waals surface area contributed by atoms with Gasteiger partial charge in [0.25, 0.3) is 0 Å². The summed E-state index contributed by atoms with van der Waals surface area (Å²) >= 11 is 0. The van der Waals surface area contributed by atoms with Crippen LogP contribution in [-0.4, -0.2) is 0 Å². The summed E-state index contributed by atoms with van der Waals surface area (Å²) in [5.74, 6) is 1.50. The van der Waals surface area contributed by atoms with Crippen molar-refractivity contribution in [3.05, 3.63) is 77.7 Å². The van der Waals surface area contributed by atoms with Crippen molar-refractivity contribution in [1.82, 2.24) is 0 Å². The van der Waals surface area contributed by atoms with Gasteiger partial charge >= 0.3 is 0 Å². The van der Waals surface area contributed by atoms with E-state index in [1.165, 1.54) is 17.0 Å². The van der Waals surface area contributed by atoms with Crippen LogP contribution in [0.25, 0.3) is 0 Å². The average molecular weight is 392 g/mol. The van der Waals surface area contributed by atoms with E-state index in [-0.39, 0.29) is 47.2 Å². The van der Waals surface area contributed by atoms with Gasteiger partial charge in [-0.3, -0.25) is 0 Å². The molecule has 0 aliphatic carbocycles. The summed E-state index contributed by atoms with van der Waals surface area (Å²) in [5.41, 5.74) is 3.06. The first-order valence-corrected chi connectivity index (χ1v) is 6.99. The Kier molecular flexibility index (Phi) is 7.42. The molecular formula is C19H23Ce-. The van der Waals surface area contributed by atoms with Crippen molar-refractivity contribution in [2.45, 2.75) is 33.6 Å². The zero-order valence-electron chi connectivity index (χ0n) is 12.7. The van der Waals surface area contributed by atoms with Crippen LogP contribution in [0, 0.1) is 53.1 Å². The minimum atomic E-state index is 0. The van der Waals surface area contributed by atoms with Crippen molar-refractivity contribution in [2.75, 3.05) is 0 Å². The molecular weight excluding hydrogens is 368 g/mol. The molecule has 0 bridgehead atoms. The van der Waals surface area contributed by atoms with Gasteiger partial charge in [-0.25, -0.2) is 0 Å². The molecule has 0 N–H and O–H groups in total. The molecule has 20 heavy (non-hydrogen) atoms. The van der Waals surface area contributed by atoms with Crippen LogP contribution in [-0.2, 0) is 12.8 Å². The number of rotatable bonds is 5. The Hall–Kier alpha value is -0.183. The van der Waals surface area contributed by atoms with E-state index >= 15 is 0 Å². The van der Waals surface area contributed by atoms with E-state index in [2.05, 4.69) is 81.4 Å². The third kappa shape index (κ3) is 4.98. The Bertz CT molecular complexity index is 446. The maximum Gasteiger partial charge on any atom is 0 e. The molecule has 1 heteroatoms. The van der Waals surface area contributed by atoms with Gasteiger partial charge in [-0.2, -0.15) is 13.8 Å². The van der Waals surface area contributed by atoms with Gasteiger partial charge < -0.3 is 5.92 Å². The molecule has 0 saturated carbocycles. The number of benzene rings is 2. The van der Waals surface area contributed by atoms with Crippen molar-refractivity contribution in [3.8, 4) is 0 Å². The van der Waals surface area contributed by atoms with Gasteiger partial charge in [0.1, 0.15) is 0 Å². The van der Waals surface area contributed by atoms with Crippen LogP contribution in [0.5, 0.6) is 0 Å². The van der Waals surface area contributed by atoms with E-state index in [4.69, 9.17) is 0 Å². The Balaban J connectivity index is 0.00000200. The third-order valence-corrected chi connectivity index (χ3v) is 4.08. The van der Waals surface area contributed by atoms with E-state index in [9.17, 15) is 0 Å². The van der Waals surface area contributed by atoms with Crippen molar-refractivity contribution >= 4 is 0 Å². The summed E-state index contributed by atoms with van der Waals surface area (Å²) in [4.78, 5) is 0. The van der Waals surface area contributed by atoms with Gasteiger partial charge in [0.15, 0.2) is 0 Å². The molecule has 2 aromatic carbocycles. The number of hydrogen-bond acceptors (Lipinski definition) is 0. The summed E-state index contributed by atoms with van der Waals surface area (Å²) in [6.07, 6.45) is 2.20. The van der Waals surface area contributed by atoms with Crippen LogP contribution in [0.1, 0.15) is 31.9 Å². The van der Waals surface area contributed by atoms with E-state index in [1.807, 2.05) is 0 Å². The summed E-state index contributed by atoms with van der Waals surface area (Å²) in [5, 5.41) is 0. The molecule has 0 unspecified atom stereocenters. The van der Waals surface area contributed by atoms with Crippen LogP contribution in [0.15, 0.2) is 60.7 Å². The molecule has 0 aromatic heterocycles. The first-order chi connectivity index (χ1) is 9.10. The second-order valence-corrected chi connectivity index (χ2v) is 5.89. The standard InChI is InChI=1S/C19H23.Ce/c1-16(2)19(3,14-17-10-6-4-7-11-17)15-18-12-8-5-9-13-18;/h4-13H,14-15H2,1-3H3;/q-1;. The van der Waals surface area contributed by atoms with Gasteiger partial charge in [0.05, 0.1) is 0 Å². The zero-order valence-corrected chi connectivity index (χ0v) is 15.8. The molecule has 0 saturated heterocycles. The largest absolute Gasteiger partial charge is 0.313 e. The smallest absolute Gasteiger partial charge is 0 e. The Labute approximate surface area is 157 Å². The molecule has 0 spiro atoms. The average Bonchev–Trinajstić information content (AvgIpc) is 2.40. The van der Waals surface area contributed by atoms with Crippen LogP contribution in [0.2, 0.25) is 0 Å². The number of hydrogen-bond donors (Lipinski definition) is 0. The molecule has 0 nitrogen and oxygen atoms in total. The maximum atomic E-state index is 2.38. The summed E-state index contributed by atoms with van der Waals surface area (Å²) in [7, 11) is 0. The van der Waals surface area contributed by atoms with Gasteiger partial charge in [0.2, 0.25) is 0 Å². The quantitative estimate of drug-likeness (QED) is 0.623. The minimum Gasteiger partial charge on any atom is -0.313 e. The second-order valence-electron chi connectivity index (χ2n) is 5.89. The predicted octanol–water partition coefficient (Wildman–Crippen LogP) is 5.09. The molecule has 2 rings (SSSR count). The van der Waals surface area contributed by atoms with E-state index in [0.717, 1.165) is 12.8 Å². The summed E-state index contributed by atoms with van der Waals surface area (Å²) in [6, 6.07) is 21.6. The predicted molar refractivity (Wildman–Crippen MR) is 83.0 cm³/mol. The molecule has 0 aliphatic heterocycles. The molecule has 2 aromatic rings. The van der Waals surface area contributed by atoms with E-state index in [1.54, 1.807) is 0 Å². The fourth-order valence-electron chi connectivity index (χ4n) is 2.51. The Morgan fingerprint density at radius 3 is 1.40 bits per heavy atom. The molecule has 0 aliphatic rings. The van der Waals surface area contributed by atoms with Gasteiger partial charge in [0, 0.05) is 41.7 Å². The van der Waals surface area contributed by atoms with Crippen LogP contribution >= 0.6 is 0 Å². The molecule has 104 valence electrons. The Morgan fingerprint density at radius 2 is 1.10 bits per heavy atom. The van der Waals surface area contributed by atoms with Gasteiger partial charge in [-0.05, 0) is 12.8 Å². The molecule has 0 atom stereocenters. The van der Waals surface area contributed by atoms with Crippen molar-refractivity contribution in [2.24, 2.45) is 5.41 Å².